The third-order valence-electron chi connectivity index (χ3n) is 2.33. The molecule has 2 aromatic rings. The van der Waals surface area contributed by atoms with Crippen LogP contribution < -0.4 is 11.1 Å². The first kappa shape index (κ1) is 13.0. The highest BCUT2D eigenvalue weighted by molar-refractivity contribution is 7.19. The number of nitrogens with one attached hydrogen (secondary N) is 1. The van der Waals surface area contributed by atoms with Gasteiger partial charge in [-0.05, 0) is 11.4 Å². The molecule has 3 N–H and O–H groups in total. The Kier molecular flexibility index (Phi) is 3.41. The standard InChI is InChI=1S/C12H15N3OS2/c1-12(2,3)8-9(13)18-11(14-8)15-10(16)7-5-4-6-17-7/h4-6H,13H2,1-3H3,(H,14,15,16). The number of carbonyl (C=O) groups is 1. The van der Waals surface area contributed by atoms with E-state index in [0.29, 0.717) is 15.0 Å². The molecule has 18 heavy (non-hydrogen) atoms. The Morgan fingerprint density at radius 2 is 2.17 bits per heavy atom. The number of thiophene rings is 1. The number of hydrogen-bond acceptors (Lipinski definition) is 5. The highest BCUT2D eigenvalue weighted by Crippen LogP contribution is 2.34. The van der Waals surface area contributed by atoms with E-state index in [1.54, 1.807) is 6.07 Å². The second-order valence-corrected chi connectivity index (χ2v) is 6.89. The summed E-state index contributed by atoms with van der Waals surface area (Å²) in [5, 5.41) is 5.85. The van der Waals surface area contributed by atoms with Crippen molar-refractivity contribution in [3.63, 3.8) is 0 Å². The number of anilines is 2. The number of thiazole rings is 1. The number of nitrogens with zero attached hydrogens (tertiary/aromatic N) is 1. The molecule has 0 spiro atoms. The molecule has 2 heterocycles. The first-order valence-corrected chi connectivity index (χ1v) is 7.19. The topological polar surface area (TPSA) is 68.0 Å². The molecule has 0 saturated carbocycles. The zero-order valence-electron chi connectivity index (χ0n) is 10.5. The summed E-state index contributed by atoms with van der Waals surface area (Å²) < 4.78 is 0. The minimum Gasteiger partial charge on any atom is -0.389 e. The monoisotopic (exact) mass is 281 g/mol. The lowest BCUT2D eigenvalue weighted by molar-refractivity contribution is 0.103. The summed E-state index contributed by atoms with van der Waals surface area (Å²) in [6.45, 7) is 6.13. The number of carbonyl (C=O) groups excluding carboxylic acids is 1. The van der Waals surface area contributed by atoms with Gasteiger partial charge in [-0.3, -0.25) is 10.1 Å². The van der Waals surface area contributed by atoms with E-state index in [9.17, 15) is 4.79 Å². The van der Waals surface area contributed by atoms with Crippen molar-refractivity contribution in [1.29, 1.82) is 0 Å². The van der Waals surface area contributed by atoms with Gasteiger partial charge in [-0.1, -0.05) is 38.2 Å². The third kappa shape index (κ3) is 2.70. The molecule has 0 aliphatic heterocycles. The average Bonchev–Trinajstić information content (AvgIpc) is 2.85. The maximum atomic E-state index is 11.9. The van der Waals surface area contributed by atoms with Gasteiger partial charge in [0.1, 0.15) is 5.00 Å². The van der Waals surface area contributed by atoms with Crippen molar-refractivity contribution >= 4 is 38.7 Å². The molecule has 0 aliphatic rings. The fourth-order valence-corrected chi connectivity index (χ4v) is 3.05. The van der Waals surface area contributed by atoms with Crippen LogP contribution in [-0.4, -0.2) is 10.9 Å². The van der Waals surface area contributed by atoms with E-state index in [1.807, 2.05) is 32.2 Å². The van der Waals surface area contributed by atoms with Crippen LogP contribution in [0.15, 0.2) is 17.5 Å². The molecular weight excluding hydrogens is 266 g/mol. The second kappa shape index (κ2) is 4.70. The van der Waals surface area contributed by atoms with E-state index in [4.69, 9.17) is 5.73 Å². The molecule has 96 valence electrons. The van der Waals surface area contributed by atoms with Crippen LogP contribution in [0.5, 0.6) is 0 Å². The van der Waals surface area contributed by atoms with Gasteiger partial charge in [0.25, 0.3) is 5.91 Å². The number of hydrogen-bond donors (Lipinski definition) is 2. The Morgan fingerprint density at radius 3 is 2.67 bits per heavy atom. The number of rotatable bonds is 2. The summed E-state index contributed by atoms with van der Waals surface area (Å²) in [5.41, 5.74) is 6.64. The first-order chi connectivity index (χ1) is 8.38. The quantitative estimate of drug-likeness (QED) is 0.887. The maximum Gasteiger partial charge on any atom is 0.267 e. The average molecular weight is 281 g/mol. The highest BCUT2D eigenvalue weighted by Gasteiger charge is 2.22. The molecule has 2 rings (SSSR count). The lowest BCUT2D eigenvalue weighted by atomic mass is 9.93. The number of amides is 1. The van der Waals surface area contributed by atoms with Crippen LogP contribution in [0.1, 0.15) is 36.1 Å². The fraction of sp³-hybridized carbons (Fsp3) is 0.333. The minimum absolute atomic E-state index is 0.119. The Balaban J connectivity index is 2.19. The highest BCUT2D eigenvalue weighted by atomic mass is 32.1. The summed E-state index contributed by atoms with van der Waals surface area (Å²) in [6.07, 6.45) is 0. The number of aromatic nitrogens is 1. The van der Waals surface area contributed by atoms with Crippen LogP contribution in [-0.2, 0) is 5.41 Å². The van der Waals surface area contributed by atoms with E-state index < -0.39 is 0 Å². The Labute approximate surface area is 114 Å². The molecule has 0 atom stereocenters. The smallest absolute Gasteiger partial charge is 0.267 e. The largest absolute Gasteiger partial charge is 0.389 e. The van der Waals surface area contributed by atoms with E-state index in [2.05, 4.69) is 10.3 Å². The van der Waals surface area contributed by atoms with Crippen molar-refractivity contribution in [2.24, 2.45) is 0 Å². The van der Waals surface area contributed by atoms with Gasteiger partial charge in [-0.2, -0.15) is 0 Å². The van der Waals surface area contributed by atoms with Crippen molar-refractivity contribution in [3.05, 3.63) is 28.1 Å². The van der Waals surface area contributed by atoms with E-state index in [1.165, 1.54) is 22.7 Å². The molecular formula is C12H15N3OS2. The predicted octanol–water partition coefficient (Wildman–Crippen LogP) is 3.34. The van der Waals surface area contributed by atoms with Gasteiger partial charge in [0.2, 0.25) is 0 Å². The molecule has 0 bridgehead atoms. The van der Waals surface area contributed by atoms with Gasteiger partial charge in [0, 0.05) is 5.41 Å². The minimum atomic E-state index is -0.140. The SMILES string of the molecule is CC(C)(C)c1nc(NC(=O)c2cccs2)sc1N. The molecule has 2 aromatic heterocycles. The molecule has 0 saturated heterocycles. The van der Waals surface area contributed by atoms with Crippen molar-refractivity contribution in [2.45, 2.75) is 26.2 Å². The van der Waals surface area contributed by atoms with Gasteiger partial charge in [-0.15, -0.1) is 11.3 Å². The molecule has 6 heteroatoms. The van der Waals surface area contributed by atoms with Crippen LogP contribution in [0.2, 0.25) is 0 Å². The van der Waals surface area contributed by atoms with Crippen molar-refractivity contribution < 1.29 is 4.79 Å². The van der Waals surface area contributed by atoms with E-state index in [0.717, 1.165) is 5.69 Å². The molecule has 0 radical (unpaired) electrons. The Hall–Kier alpha value is -1.40. The molecule has 0 unspecified atom stereocenters. The second-order valence-electron chi connectivity index (χ2n) is 4.91. The summed E-state index contributed by atoms with van der Waals surface area (Å²) in [6, 6.07) is 3.62. The van der Waals surface area contributed by atoms with E-state index >= 15 is 0 Å². The van der Waals surface area contributed by atoms with Crippen LogP contribution >= 0.6 is 22.7 Å². The zero-order chi connectivity index (χ0) is 13.3. The summed E-state index contributed by atoms with van der Waals surface area (Å²) >= 11 is 2.71. The first-order valence-electron chi connectivity index (χ1n) is 5.49. The summed E-state index contributed by atoms with van der Waals surface area (Å²) in [5.74, 6) is -0.140. The summed E-state index contributed by atoms with van der Waals surface area (Å²) in [7, 11) is 0. The molecule has 0 aliphatic carbocycles. The lowest BCUT2D eigenvalue weighted by Gasteiger charge is -2.15. The Morgan fingerprint density at radius 1 is 1.44 bits per heavy atom. The third-order valence-corrected chi connectivity index (χ3v) is 4.00. The van der Waals surface area contributed by atoms with Crippen LogP contribution in [0.25, 0.3) is 0 Å². The lowest BCUT2D eigenvalue weighted by Crippen LogP contribution is -2.14. The molecule has 4 nitrogen and oxygen atoms in total. The van der Waals surface area contributed by atoms with Gasteiger partial charge in [0.05, 0.1) is 10.6 Å². The molecule has 0 fully saturated rings. The van der Waals surface area contributed by atoms with E-state index in [-0.39, 0.29) is 11.3 Å². The van der Waals surface area contributed by atoms with Gasteiger partial charge in [-0.25, -0.2) is 4.98 Å². The van der Waals surface area contributed by atoms with Crippen LogP contribution in [0.4, 0.5) is 10.1 Å². The van der Waals surface area contributed by atoms with Gasteiger partial charge < -0.3 is 5.73 Å². The maximum absolute atomic E-state index is 11.9. The number of nitrogens with two attached hydrogens (primary N) is 1. The van der Waals surface area contributed by atoms with Crippen molar-refractivity contribution in [3.8, 4) is 0 Å². The predicted molar refractivity (Wildman–Crippen MR) is 77.5 cm³/mol. The van der Waals surface area contributed by atoms with Crippen molar-refractivity contribution in [1.82, 2.24) is 4.98 Å². The Bertz CT molecular complexity index is 552. The molecule has 0 aromatic carbocycles. The van der Waals surface area contributed by atoms with Gasteiger partial charge >= 0.3 is 0 Å². The van der Waals surface area contributed by atoms with Gasteiger partial charge in [0.15, 0.2) is 5.13 Å². The fourth-order valence-electron chi connectivity index (χ4n) is 1.49. The number of nitrogen functional groups attached to an aromatic ring is 1. The summed E-state index contributed by atoms with van der Waals surface area (Å²) in [4.78, 5) is 16.9. The zero-order valence-corrected chi connectivity index (χ0v) is 12.1. The van der Waals surface area contributed by atoms with Crippen LogP contribution in [0.3, 0.4) is 0 Å². The molecule has 1 amide bonds. The van der Waals surface area contributed by atoms with Crippen molar-refractivity contribution in [2.75, 3.05) is 11.1 Å². The normalized spacial score (nSPS) is 11.5. The van der Waals surface area contributed by atoms with Crippen LogP contribution in [0, 0.1) is 0 Å².